The first-order valence-corrected chi connectivity index (χ1v) is 7.11. The molecule has 0 spiro atoms. The first-order valence-electron chi connectivity index (χ1n) is 5.89. The number of carbonyl (C=O) groups excluding carboxylic acids is 2. The molecule has 0 atom stereocenters. The summed E-state index contributed by atoms with van der Waals surface area (Å²) in [6, 6.07) is 5.16. The molecule has 1 aromatic carbocycles. The van der Waals surface area contributed by atoms with Gasteiger partial charge >= 0.3 is 5.97 Å². The van der Waals surface area contributed by atoms with E-state index in [1.165, 1.54) is 7.11 Å². The Kier molecular flexibility index (Phi) is 6.66. The van der Waals surface area contributed by atoms with Crippen LogP contribution in [0.1, 0.15) is 10.4 Å². The van der Waals surface area contributed by atoms with Gasteiger partial charge in [0.2, 0.25) is 0 Å². The number of thioether (sulfide) groups is 1. The summed E-state index contributed by atoms with van der Waals surface area (Å²) in [4.78, 5) is 24.2. The molecule has 1 rings (SSSR count). The summed E-state index contributed by atoms with van der Waals surface area (Å²) in [6.45, 7) is 3.48. The van der Waals surface area contributed by atoms with Crippen LogP contribution in [0.5, 0.6) is 5.75 Å². The molecule has 0 unspecified atom stereocenters. The molecule has 0 saturated heterocycles. The van der Waals surface area contributed by atoms with E-state index in [9.17, 15) is 9.59 Å². The van der Waals surface area contributed by atoms with Crippen molar-refractivity contribution in [3.05, 3.63) is 36.4 Å². The SMILES string of the molecule is C=CCNC(=O)COC(=O)c1ccc(SC)cc1OC. The molecule has 0 aliphatic rings. The lowest BCUT2D eigenvalue weighted by Crippen LogP contribution is -2.28. The maximum absolute atomic E-state index is 11.9. The van der Waals surface area contributed by atoms with Gasteiger partial charge in [-0.2, -0.15) is 0 Å². The standard InChI is InChI=1S/C14H17NO4S/c1-4-7-15-13(16)9-19-14(17)11-6-5-10(20-3)8-12(11)18-2/h4-6,8H,1,7,9H2,2-3H3,(H,15,16). The number of methoxy groups -OCH3 is 1. The molecule has 5 nitrogen and oxygen atoms in total. The molecule has 108 valence electrons. The molecule has 0 radical (unpaired) electrons. The third-order valence-corrected chi connectivity index (χ3v) is 3.13. The summed E-state index contributed by atoms with van der Waals surface area (Å²) in [7, 11) is 1.48. The van der Waals surface area contributed by atoms with Crippen molar-refractivity contribution in [3.63, 3.8) is 0 Å². The highest BCUT2D eigenvalue weighted by Crippen LogP contribution is 2.25. The van der Waals surface area contributed by atoms with Crippen molar-refractivity contribution in [2.24, 2.45) is 0 Å². The minimum absolute atomic E-state index is 0.293. The highest BCUT2D eigenvalue weighted by atomic mass is 32.2. The lowest BCUT2D eigenvalue weighted by molar-refractivity contribution is -0.124. The van der Waals surface area contributed by atoms with Gasteiger partial charge in [-0.25, -0.2) is 4.79 Å². The van der Waals surface area contributed by atoms with Crippen LogP contribution < -0.4 is 10.1 Å². The minimum atomic E-state index is -0.594. The number of esters is 1. The summed E-state index contributed by atoms with van der Waals surface area (Å²) in [6.07, 6.45) is 3.47. The van der Waals surface area contributed by atoms with Gasteiger partial charge in [-0.15, -0.1) is 18.3 Å². The molecule has 0 aliphatic carbocycles. The average Bonchev–Trinajstić information content (AvgIpc) is 2.49. The highest BCUT2D eigenvalue weighted by Gasteiger charge is 2.15. The number of rotatable bonds is 7. The van der Waals surface area contributed by atoms with Crippen molar-refractivity contribution in [1.29, 1.82) is 0 Å². The molecule has 0 aromatic heterocycles. The molecule has 0 fully saturated rings. The zero-order valence-electron chi connectivity index (χ0n) is 11.5. The average molecular weight is 295 g/mol. The molecule has 1 N–H and O–H groups in total. The Bertz CT molecular complexity index is 502. The van der Waals surface area contributed by atoms with Gasteiger partial charge in [0, 0.05) is 11.4 Å². The molecule has 1 aromatic rings. The van der Waals surface area contributed by atoms with E-state index in [0.717, 1.165) is 4.90 Å². The van der Waals surface area contributed by atoms with E-state index < -0.39 is 5.97 Å². The highest BCUT2D eigenvalue weighted by molar-refractivity contribution is 7.98. The monoisotopic (exact) mass is 295 g/mol. The second-order valence-electron chi connectivity index (χ2n) is 3.74. The van der Waals surface area contributed by atoms with Crippen LogP contribution in [-0.2, 0) is 9.53 Å². The van der Waals surface area contributed by atoms with Gasteiger partial charge in [0.1, 0.15) is 11.3 Å². The van der Waals surface area contributed by atoms with Gasteiger partial charge in [-0.05, 0) is 24.5 Å². The van der Waals surface area contributed by atoms with Crippen LogP contribution >= 0.6 is 11.8 Å². The Hall–Kier alpha value is -1.95. The molecule has 0 saturated carbocycles. The zero-order chi connectivity index (χ0) is 15.0. The first-order chi connectivity index (χ1) is 9.62. The van der Waals surface area contributed by atoms with Gasteiger partial charge in [-0.3, -0.25) is 4.79 Å². The fourth-order valence-corrected chi connectivity index (χ4v) is 1.84. The normalized spacial score (nSPS) is 9.70. The van der Waals surface area contributed by atoms with Crippen molar-refractivity contribution in [2.75, 3.05) is 26.5 Å². The Morgan fingerprint density at radius 1 is 1.45 bits per heavy atom. The Balaban J connectivity index is 2.67. The van der Waals surface area contributed by atoms with E-state index in [-0.39, 0.29) is 12.5 Å². The lowest BCUT2D eigenvalue weighted by atomic mass is 10.2. The third kappa shape index (κ3) is 4.62. The van der Waals surface area contributed by atoms with Crippen molar-refractivity contribution in [3.8, 4) is 5.75 Å². The molecule has 20 heavy (non-hydrogen) atoms. The molecule has 1 amide bonds. The van der Waals surface area contributed by atoms with E-state index in [4.69, 9.17) is 9.47 Å². The number of nitrogens with one attached hydrogen (secondary N) is 1. The third-order valence-electron chi connectivity index (χ3n) is 2.41. The topological polar surface area (TPSA) is 64.6 Å². The Labute approximate surface area is 122 Å². The quantitative estimate of drug-likeness (QED) is 0.473. The van der Waals surface area contributed by atoms with Gasteiger partial charge in [0.05, 0.1) is 7.11 Å². The largest absolute Gasteiger partial charge is 0.496 e. The minimum Gasteiger partial charge on any atom is -0.496 e. The Morgan fingerprint density at radius 2 is 2.20 bits per heavy atom. The Morgan fingerprint density at radius 3 is 2.80 bits per heavy atom. The van der Waals surface area contributed by atoms with Crippen molar-refractivity contribution in [1.82, 2.24) is 5.32 Å². The van der Waals surface area contributed by atoms with Crippen LogP contribution in [0.3, 0.4) is 0 Å². The zero-order valence-corrected chi connectivity index (χ0v) is 12.3. The molecule has 0 heterocycles. The van der Waals surface area contributed by atoms with Crippen LogP contribution in [0.4, 0.5) is 0 Å². The van der Waals surface area contributed by atoms with Crippen molar-refractivity contribution in [2.45, 2.75) is 4.90 Å². The molecular weight excluding hydrogens is 278 g/mol. The predicted octanol–water partition coefficient (Wildman–Crippen LogP) is 1.88. The number of hydrogen-bond acceptors (Lipinski definition) is 5. The summed E-state index contributed by atoms with van der Waals surface area (Å²) >= 11 is 1.54. The smallest absolute Gasteiger partial charge is 0.342 e. The summed E-state index contributed by atoms with van der Waals surface area (Å²) < 4.78 is 10.1. The summed E-state index contributed by atoms with van der Waals surface area (Å²) in [5, 5.41) is 2.52. The summed E-state index contributed by atoms with van der Waals surface area (Å²) in [5.41, 5.74) is 0.293. The fraction of sp³-hybridized carbons (Fsp3) is 0.286. The number of benzene rings is 1. The molecule has 6 heteroatoms. The first kappa shape index (κ1) is 16.1. The molecule has 0 bridgehead atoms. The maximum Gasteiger partial charge on any atom is 0.342 e. The van der Waals surface area contributed by atoms with Crippen LogP contribution in [-0.4, -0.2) is 38.4 Å². The predicted molar refractivity (Wildman–Crippen MR) is 78.3 cm³/mol. The van der Waals surface area contributed by atoms with Gasteiger partial charge in [-0.1, -0.05) is 6.08 Å². The van der Waals surface area contributed by atoms with Crippen LogP contribution in [0.25, 0.3) is 0 Å². The van der Waals surface area contributed by atoms with Crippen molar-refractivity contribution < 1.29 is 19.1 Å². The van der Waals surface area contributed by atoms with E-state index in [2.05, 4.69) is 11.9 Å². The molecular formula is C14H17NO4S. The van der Waals surface area contributed by atoms with E-state index in [0.29, 0.717) is 17.9 Å². The fourth-order valence-electron chi connectivity index (χ4n) is 1.41. The van der Waals surface area contributed by atoms with Crippen LogP contribution in [0.2, 0.25) is 0 Å². The van der Waals surface area contributed by atoms with E-state index >= 15 is 0 Å². The van der Waals surface area contributed by atoms with Crippen LogP contribution in [0, 0.1) is 0 Å². The summed E-state index contributed by atoms with van der Waals surface area (Å²) in [5.74, 6) is -0.547. The van der Waals surface area contributed by atoms with E-state index in [1.807, 2.05) is 6.26 Å². The second kappa shape index (κ2) is 8.27. The number of amides is 1. The molecule has 0 aliphatic heterocycles. The van der Waals surface area contributed by atoms with Gasteiger partial charge < -0.3 is 14.8 Å². The number of ether oxygens (including phenoxy) is 2. The number of hydrogen-bond donors (Lipinski definition) is 1. The maximum atomic E-state index is 11.9. The van der Waals surface area contributed by atoms with E-state index in [1.54, 1.807) is 36.0 Å². The van der Waals surface area contributed by atoms with Crippen LogP contribution in [0.15, 0.2) is 35.7 Å². The van der Waals surface area contributed by atoms with Gasteiger partial charge in [0.15, 0.2) is 6.61 Å². The second-order valence-corrected chi connectivity index (χ2v) is 4.61. The number of carbonyl (C=O) groups is 2. The lowest BCUT2D eigenvalue weighted by Gasteiger charge is -2.09. The van der Waals surface area contributed by atoms with Crippen molar-refractivity contribution >= 4 is 23.6 Å². The van der Waals surface area contributed by atoms with Gasteiger partial charge in [0.25, 0.3) is 5.91 Å².